The van der Waals surface area contributed by atoms with Gasteiger partial charge in [-0.25, -0.2) is 0 Å². The van der Waals surface area contributed by atoms with Gasteiger partial charge in [-0.15, -0.1) is 0 Å². The molecule has 0 heterocycles. The first kappa shape index (κ1) is 17.1. The van der Waals surface area contributed by atoms with Crippen LogP contribution in [0.5, 0.6) is 0 Å². The van der Waals surface area contributed by atoms with Gasteiger partial charge < -0.3 is 16.0 Å². The Morgan fingerprint density at radius 2 is 1.86 bits per heavy atom. The molecule has 2 saturated carbocycles. The number of nitrogens with zero attached hydrogens (tertiary/aromatic N) is 1. The van der Waals surface area contributed by atoms with Crippen molar-refractivity contribution < 1.29 is 4.79 Å². The highest BCUT2D eigenvalue weighted by Crippen LogP contribution is 2.44. The predicted octanol–water partition coefficient (Wildman–Crippen LogP) is 2.03. The fourth-order valence-corrected chi connectivity index (χ4v) is 3.46. The Labute approximate surface area is 134 Å². The molecule has 126 valence electrons. The summed E-state index contributed by atoms with van der Waals surface area (Å²) in [5.41, 5.74) is -0.196. The fraction of sp³-hybridized carbons (Fsp3) is 0.882. The van der Waals surface area contributed by atoms with Gasteiger partial charge in [0.1, 0.15) is 0 Å². The molecule has 0 spiro atoms. The van der Waals surface area contributed by atoms with Gasteiger partial charge in [0.15, 0.2) is 5.96 Å². The van der Waals surface area contributed by atoms with Gasteiger partial charge in [0.2, 0.25) is 5.91 Å². The minimum absolute atomic E-state index is 0.00456. The van der Waals surface area contributed by atoms with E-state index in [1.54, 1.807) is 7.05 Å². The summed E-state index contributed by atoms with van der Waals surface area (Å²) >= 11 is 0. The van der Waals surface area contributed by atoms with Crippen LogP contribution in [0.3, 0.4) is 0 Å². The Kier molecular flexibility index (Phi) is 5.70. The molecular weight excluding hydrogens is 276 g/mol. The van der Waals surface area contributed by atoms with E-state index in [1.807, 2.05) is 20.8 Å². The van der Waals surface area contributed by atoms with Crippen LogP contribution in [-0.4, -0.2) is 37.0 Å². The topological polar surface area (TPSA) is 65.5 Å². The average Bonchev–Trinajstić information content (AvgIpc) is 3.22. The lowest BCUT2D eigenvalue weighted by Crippen LogP contribution is -2.48. The lowest BCUT2D eigenvalue weighted by molar-refractivity contribution is -0.121. The van der Waals surface area contributed by atoms with Crippen LogP contribution < -0.4 is 16.0 Å². The molecule has 22 heavy (non-hydrogen) atoms. The molecule has 5 heteroatoms. The molecule has 1 amide bonds. The van der Waals surface area contributed by atoms with Crippen LogP contribution in [0.1, 0.15) is 59.3 Å². The number of aliphatic imine (C=N–C) groups is 1. The number of carbonyl (C=O) groups is 1. The summed E-state index contributed by atoms with van der Waals surface area (Å²) in [7, 11) is 1.76. The first-order chi connectivity index (χ1) is 10.4. The number of hydrogen-bond donors (Lipinski definition) is 3. The highest BCUT2D eigenvalue weighted by atomic mass is 16.2. The van der Waals surface area contributed by atoms with Crippen molar-refractivity contribution in [2.75, 3.05) is 13.6 Å². The zero-order chi connectivity index (χ0) is 16.2. The minimum Gasteiger partial charge on any atom is -0.353 e. The van der Waals surface area contributed by atoms with Crippen molar-refractivity contribution in [3.63, 3.8) is 0 Å². The first-order valence-corrected chi connectivity index (χ1v) is 8.67. The summed E-state index contributed by atoms with van der Waals surface area (Å²) < 4.78 is 0. The van der Waals surface area contributed by atoms with E-state index in [-0.39, 0.29) is 18.0 Å². The zero-order valence-electron chi connectivity index (χ0n) is 14.5. The van der Waals surface area contributed by atoms with Crippen molar-refractivity contribution in [2.24, 2.45) is 16.8 Å². The first-order valence-electron chi connectivity index (χ1n) is 8.67. The Morgan fingerprint density at radius 1 is 1.18 bits per heavy atom. The largest absolute Gasteiger partial charge is 0.353 e. The van der Waals surface area contributed by atoms with E-state index >= 15 is 0 Å². The van der Waals surface area contributed by atoms with Crippen LogP contribution in [0.15, 0.2) is 4.99 Å². The molecule has 0 aromatic heterocycles. The average molecular weight is 308 g/mol. The fourth-order valence-electron chi connectivity index (χ4n) is 3.46. The maximum Gasteiger partial charge on any atom is 0.239 e. The van der Waals surface area contributed by atoms with Gasteiger partial charge in [0.05, 0.1) is 6.54 Å². The molecule has 2 unspecified atom stereocenters. The maximum atomic E-state index is 11.8. The van der Waals surface area contributed by atoms with E-state index in [0.717, 1.165) is 17.8 Å². The Balaban J connectivity index is 1.69. The van der Waals surface area contributed by atoms with E-state index in [9.17, 15) is 4.79 Å². The molecule has 2 aliphatic carbocycles. The number of hydrogen-bond acceptors (Lipinski definition) is 2. The number of carbonyl (C=O) groups excluding carboxylic acids is 1. The van der Waals surface area contributed by atoms with Crippen LogP contribution in [0, 0.1) is 11.8 Å². The van der Waals surface area contributed by atoms with E-state index in [1.165, 1.54) is 38.5 Å². The lowest BCUT2D eigenvalue weighted by atomic mass is 9.85. The van der Waals surface area contributed by atoms with Crippen LogP contribution >= 0.6 is 0 Å². The third kappa shape index (κ3) is 5.50. The zero-order valence-corrected chi connectivity index (χ0v) is 14.5. The van der Waals surface area contributed by atoms with E-state index in [0.29, 0.717) is 6.04 Å². The molecule has 2 rings (SSSR count). The molecule has 0 aromatic carbocycles. The predicted molar refractivity (Wildman–Crippen MR) is 90.9 cm³/mol. The SMILES string of the molecule is CN=C(NCC(=O)NC(C)(C)C)NC1CC1C1CCCCC1. The maximum absolute atomic E-state index is 11.8. The summed E-state index contributed by atoms with van der Waals surface area (Å²) in [5.74, 6) is 2.44. The van der Waals surface area contributed by atoms with Crippen LogP contribution in [0.4, 0.5) is 0 Å². The Morgan fingerprint density at radius 3 is 2.45 bits per heavy atom. The summed E-state index contributed by atoms with van der Waals surface area (Å²) in [5, 5.41) is 9.52. The molecule has 2 aliphatic rings. The van der Waals surface area contributed by atoms with Crippen molar-refractivity contribution in [3.05, 3.63) is 0 Å². The van der Waals surface area contributed by atoms with Gasteiger partial charge in [-0.2, -0.15) is 0 Å². The van der Waals surface area contributed by atoms with E-state index < -0.39 is 0 Å². The molecule has 0 aromatic rings. The van der Waals surface area contributed by atoms with E-state index in [2.05, 4.69) is 20.9 Å². The summed E-state index contributed by atoms with van der Waals surface area (Å²) in [6, 6.07) is 0.542. The van der Waals surface area contributed by atoms with Gasteiger partial charge in [-0.3, -0.25) is 9.79 Å². The molecule has 5 nitrogen and oxygen atoms in total. The van der Waals surface area contributed by atoms with Crippen LogP contribution in [0.2, 0.25) is 0 Å². The molecule has 0 radical (unpaired) electrons. The number of amides is 1. The Hall–Kier alpha value is -1.26. The molecule has 0 saturated heterocycles. The smallest absolute Gasteiger partial charge is 0.239 e. The van der Waals surface area contributed by atoms with Gasteiger partial charge in [0, 0.05) is 18.6 Å². The normalized spacial score (nSPS) is 26.5. The molecule has 3 N–H and O–H groups in total. The third-order valence-electron chi connectivity index (χ3n) is 4.57. The van der Waals surface area contributed by atoms with Gasteiger partial charge in [-0.1, -0.05) is 32.1 Å². The molecule has 2 fully saturated rings. The molecule has 2 atom stereocenters. The molecule has 0 aliphatic heterocycles. The summed E-state index contributed by atoms with van der Waals surface area (Å²) in [4.78, 5) is 16.1. The second kappa shape index (κ2) is 7.34. The summed E-state index contributed by atoms with van der Waals surface area (Å²) in [6.07, 6.45) is 8.24. The monoisotopic (exact) mass is 308 g/mol. The third-order valence-corrected chi connectivity index (χ3v) is 4.57. The number of nitrogens with one attached hydrogen (secondary N) is 3. The number of guanidine groups is 1. The van der Waals surface area contributed by atoms with Gasteiger partial charge >= 0.3 is 0 Å². The highest BCUT2D eigenvalue weighted by Gasteiger charge is 2.43. The quantitative estimate of drug-likeness (QED) is 0.550. The second-order valence-electron chi connectivity index (χ2n) is 7.77. The molecular formula is C17H32N4O. The van der Waals surface area contributed by atoms with Crippen molar-refractivity contribution in [1.82, 2.24) is 16.0 Å². The lowest BCUT2D eigenvalue weighted by Gasteiger charge is -2.22. The van der Waals surface area contributed by atoms with Gasteiger partial charge in [0.25, 0.3) is 0 Å². The highest BCUT2D eigenvalue weighted by molar-refractivity contribution is 5.86. The summed E-state index contributed by atoms with van der Waals surface area (Å²) in [6.45, 7) is 6.21. The van der Waals surface area contributed by atoms with Gasteiger partial charge in [-0.05, 0) is 39.0 Å². The van der Waals surface area contributed by atoms with E-state index in [4.69, 9.17) is 0 Å². The van der Waals surface area contributed by atoms with Crippen molar-refractivity contribution in [2.45, 2.75) is 70.9 Å². The van der Waals surface area contributed by atoms with Crippen LogP contribution in [-0.2, 0) is 4.79 Å². The van der Waals surface area contributed by atoms with Crippen molar-refractivity contribution in [1.29, 1.82) is 0 Å². The van der Waals surface area contributed by atoms with Crippen LogP contribution in [0.25, 0.3) is 0 Å². The number of rotatable bonds is 4. The van der Waals surface area contributed by atoms with Crippen molar-refractivity contribution in [3.8, 4) is 0 Å². The second-order valence-corrected chi connectivity index (χ2v) is 7.77. The standard InChI is InChI=1S/C17H32N4O/c1-17(2,3)21-15(22)11-19-16(18-4)20-14-10-13(14)12-8-6-5-7-9-12/h12-14H,5-11H2,1-4H3,(H,21,22)(H2,18,19,20). The molecule has 0 bridgehead atoms. The Bertz CT molecular complexity index is 407. The minimum atomic E-state index is -0.196. The van der Waals surface area contributed by atoms with Crippen molar-refractivity contribution >= 4 is 11.9 Å².